The van der Waals surface area contributed by atoms with E-state index < -0.39 is 0 Å². The van der Waals surface area contributed by atoms with Crippen LogP contribution >= 0.6 is 24.8 Å². The molecule has 2 fully saturated rings. The number of amides is 1. The second-order valence-corrected chi connectivity index (χ2v) is 6.84. The van der Waals surface area contributed by atoms with E-state index in [4.69, 9.17) is 5.73 Å². The number of halogens is 2. The fraction of sp³-hybridized carbons (Fsp3) is 0.933. The Morgan fingerprint density at radius 2 is 1.90 bits per heavy atom. The maximum absolute atomic E-state index is 12.7. The van der Waals surface area contributed by atoms with Crippen molar-refractivity contribution in [3.05, 3.63) is 0 Å². The van der Waals surface area contributed by atoms with Gasteiger partial charge >= 0.3 is 0 Å². The SMILES string of the molecule is CCCN1CCCC1C(=O)N1CCC(N)C(C)(C)C1.Cl.Cl. The predicted molar refractivity (Wildman–Crippen MR) is 92.3 cm³/mol. The van der Waals surface area contributed by atoms with Gasteiger partial charge in [-0.3, -0.25) is 9.69 Å². The maximum atomic E-state index is 12.7. The summed E-state index contributed by atoms with van der Waals surface area (Å²) in [6.45, 7) is 10.3. The van der Waals surface area contributed by atoms with E-state index in [0.717, 1.165) is 51.9 Å². The summed E-state index contributed by atoms with van der Waals surface area (Å²) < 4.78 is 0. The zero-order chi connectivity index (χ0) is 14.0. The van der Waals surface area contributed by atoms with Crippen LogP contribution in [0.5, 0.6) is 0 Å². The predicted octanol–water partition coefficient (Wildman–Crippen LogP) is 2.29. The Balaban J connectivity index is 0.00000200. The minimum Gasteiger partial charge on any atom is -0.341 e. The summed E-state index contributed by atoms with van der Waals surface area (Å²) in [6, 6.07) is 0.344. The smallest absolute Gasteiger partial charge is 0.239 e. The lowest BCUT2D eigenvalue weighted by Crippen LogP contribution is -2.57. The topological polar surface area (TPSA) is 49.6 Å². The van der Waals surface area contributed by atoms with E-state index in [1.807, 2.05) is 0 Å². The molecule has 0 aromatic heterocycles. The number of piperidine rings is 1. The number of carbonyl (C=O) groups is 1. The van der Waals surface area contributed by atoms with Gasteiger partial charge in [-0.2, -0.15) is 0 Å². The summed E-state index contributed by atoms with van der Waals surface area (Å²) in [6.07, 6.45) is 4.24. The molecule has 2 aliphatic rings. The molecule has 6 heteroatoms. The zero-order valence-corrected chi connectivity index (χ0v) is 15.1. The Morgan fingerprint density at radius 1 is 1.24 bits per heavy atom. The largest absolute Gasteiger partial charge is 0.341 e. The van der Waals surface area contributed by atoms with Gasteiger partial charge in [0.15, 0.2) is 0 Å². The number of hydrogen-bond acceptors (Lipinski definition) is 3. The van der Waals surface area contributed by atoms with Crippen molar-refractivity contribution in [2.45, 2.75) is 58.5 Å². The first-order chi connectivity index (χ1) is 8.95. The van der Waals surface area contributed by atoms with Crippen LogP contribution in [-0.4, -0.2) is 54.0 Å². The second-order valence-electron chi connectivity index (χ2n) is 6.84. The lowest BCUT2D eigenvalue weighted by molar-refractivity contribution is -0.139. The molecule has 0 aliphatic carbocycles. The highest BCUT2D eigenvalue weighted by molar-refractivity contribution is 5.85. The van der Waals surface area contributed by atoms with Gasteiger partial charge in [-0.25, -0.2) is 0 Å². The number of carbonyl (C=O) groups excluding carboxylic acids is 1. The van der Waals surface area contributed by atoms with E-state index in [9.17, 15) is 4.79 Å². The Morgan fingerprint density at radius 3 is 2.48 bits per heavy atom. The lowest BCUT2D eigenvalue weighted by atomic mass is 9.79. The van der Waals surface area contributed by atoms with Crippen LogP contribution in [0.4, 0.5) is 0 Å². The van der Waals surface area contributed by atoms with Crippen LogP contribution in [0.2, 0.25) is 0 Å². The molecule has 0 radical (unpaired) electrons. The van der Waals surface area contributed by atoms with Crippen LogP contribution < -0.4 is 5.73 Å². The zero-order valence-electron chi connectivity index (χ0n) is 13.5. The highest BCUT2D eigenvalue weighted by atomic mass is 35.5. The van der Waals surface area contributed by atoms with Crippen LogP contribution in [-0.2, 0) is 4.79 Å². The third-order valence-electron chi connectivity index (χ3n) is 4.78. The van der Waals surface area contributed by atoms with Gasteiger partial charge in [0.25, 0.3) is 0 Å². The molecule has 2 heterocycles. The van der Waals surface area contributed by atoms with Gasteiger partial charge < -0.3 is 10.6 Å². The van der Waals surface area contributed by atoms with Crippen molar-refractivity contribution < 1.29 is 4.79 Å². The van der Waals surface area contributed by atoms with Gasteiger partial charge in [0, 0.05) is 19.1 Å². The Labute approximate surface area is 141 Å². The van der Waals surface area contributed by atoms with Crippen molar-refractivity contribution in [1.29, 1.82) is 0 Å². The minimum absolute atomic E-state index is 0. The van der Waals surface area contributed by atoms with E-state index >= 15 is 0 Å². The number of likely N-dealkylation sites (tertiary alicyclic amines) is 2. The van der Waals surface area contributed by atoms with Crippen LogP contribution in [0, 0.1) is 5.41 Å². The highest BCUT2D eigenvalue weighted by Crippen LogP contribution is 2.29. The van der Waals surface area contributed by atoms with Crippen molar-refractivity contribution in [2.75, 3.05) is 26.2 Å². The van der Waals surface area contributed by atoms with Gasteiger partial charge in [0.05, 0.1) is 6.04 Å². The van der Waals surface area contributed by atoms with E-state index in [1.165, 1.54) is 0 Å². The quantitative estimate of drug-likeness (QED) is 0.858. The third kappa shape index (κ3) is 4.72. The average molecular weight is 340 g/mol. The van der Waals surface area contributed by atoms with Crippen molar-refractivity contribution in [1.82, 2.24) is 9.80 Å². The van der Waals surface area contributed by atoms with E-state index in [-0.39, 0.29) is 42.3 Å². The summed E-state index contributed by atoms with van der Waals surface area (Å²) in [5.74, 6) is 0.339. The molecule has 1 amide bonds. The molecular formula is C15H31Cl2N3O. The van der Waals surface area contributed by atoms with E-state index in [2.05, 4.69) is 30.6 Å². The molecule has 126 valence electrons. The molecule has 21 heavy (non-hydrogen) atoms. The van der Waals surface area contributed by atoms with Crippen molar-refractivity contribution in [3.8, 4) is 0 Å². The molecule has 2 saturated heterocycles. The molecule has 2 atom stereocenters. The highest BCUT2D eigenvalue weighted by Gasteiger charge is 2.39. The van der Waals surface area contributed by atoms with Crippen LogP contribution in [0.1, 0.15) is 46.5 Å². The van der Waals surface area contributed by atoms with Gasteiger partial charge in [0.1, 0.15) is 0 Å². The van der Waals surface area contributed by atoms with Crippen molar-refractivity contribution >= 4 is 30.7 Å². The molecule has 2 unspecified atom stereocenters. The molecule has 0 aromatic rings. The van der Waals surface area contributed by atoms with Gasteiger partial charge in [-0.15, -0.1) is 24.8 Å². The fourth-order valence-electron chi connectivity index (χ4n) is 3.43. The first kappa shape index (κ1) is 21.0. The summed E-state index contributed by atoms with van der Waals surface area (Å²) in [5.41, 5.74) is 6.20. The summed E-state index contributed by atoms with van der Waals surface area (Å²) in [4.78, 5) is 17.1. The van der Waals surface area contributed by atoms with Crippen molar-refractivity contribution in [2.24, 2.45) is 11.1 Å². The lowest BCUT2D eigenvalue weighted by Gasteiger charge is -2.44. The maximum Gasteiger partial charge on any atom is 0.239 e. The number of nitrogens with two attached hydrogens (primary N) is 1. The Hall–Kier alpha value is -0.0300. The molecule has 0 bridgehead atoms. The molecule has 0 spiro atoms. The third-order valence-corrected chi connectivity index (χ3v) is 4.78. The number of hydrogen-bond donors (Lipinski definition) is 1. The molecule has 2 aliphatic heterocycles. The van der Waals surface area contributed by atoms with Crippen molar-refractivity contribution in [3.63, 3.8) is 0 Å². The molecular weight excluding hydrogens is 309 g/mol. The average Bonchev–Trinajstić information content (AvgIpc) is 2.80. The van der Waals surface area contributed by atoms with E-state index in [1.54, 1.807) is 0 Å². The normalized spacial score (nSPS) is 28.7. The standard InChI is InChI=1S/C15H29N3O.2ClH/c1-4-8-17-9-5-6-12(17)14(19)18-10-7-13(16)15(2,3)11-18;;/h12-13H,4-11,16H2,1-3H3;2*1H. The van der Waals surface area contributed by atoms with Gasteiger partial charge in [-0.05, 0) is 44.2 Å². The fourth-order valence-corrected chi connectivity index (χ4v) is 3.43. The molecule has 0 saturated carbocycles. The van der Waals surface area contributed by atoms with Gasteiger partial charge in [-0.1, -0.05) is 20.8 Å². The summed E-state index contributed by atoms with van der Waals surface area (Å²) in [5, 5.41) is 0. The van der Waals surface area contributed by atoms with Gasteiger partial charge in [0.2, 0.25) is 5.91 Å². The molecule has 0 aromatic carbocycles. The molecule has 2 N–H and O–H groups in total. The number of rotatable bonds is 3. The second kappa shape index (κ2) is 8.56. The first-order valence-corrected chi connectivity index (χ1v) is 7.74. The first-order valence-electron chi connectivity index (χ1n) is 7.74. The molecule has 2 rings (SSSR count). The Kier molecular flexibility index (Phi) is 8.55. The van der Waals surface area contributed by atoms with Crippen LogP contribution in [0.3, 0.4) is 0 Å². The van der Waals surface area contributed by atoms with Crippen LogP contribution in [0.15, 0.2) is 0 Å². The minimum atomic E-state index is 0. The Bertz CT molecular complexity index is 339. The summed E-state index contributed by atoms with van der Waals surface area (Å²) in [7, 11) is 0. The summed E-state index contributed by atoms with van der Waals surface area (Å²) >= 11 is 0. The van der Waals surface area contributed by atoms with Crippen LogP contribution in [0.25, 0.3) is 0 Å². The van der Waals surface area contributed by atoms with E-state index in [0.29, 0.717) is 5.91 Å². The monoisotopic (exact) mass is 339 g/mol. The number of nitrogens with zero attached hydrogens (tertiary/aromatic N) is 2. The molecule has 4 nitrogen and oxygen atoms in total.